The number of phenolic OH excluding ortho intramolecular Hbond substituents is 1. The van der Waals surface area contributed by atoms with Crippen LogP contribution in [0, 0.1) is 0 Å². The van der Waals surface area contributed by atoms with Crippen LogP contribution in [-0.4, -0.2) is 72.5 Å². The molecule has 1 aliphatic heterocycles. The first-order valence-electron chi connectivity index (χ1n) is 8.23. The van der Waals surface area contributed by atoms with Crippen LogP contribution >= 0.6 is 23.2 Å². The average Bonchev–Trinajstić information content (AvgIpc) is 2.63. The number of carbonyl (C=O) groups is 2. The lowest BCUT2D eigenvalue weighted by Crippen LogP contribution is -2.51. The molecule has 1 fully saturated rings. The van der Waals surface area contributed by atoms with Crippen LogP contribution in [0.25, 0.3) is 0 Å². The number of halogens is 2. The number of carbonyl (C=O) groups excluding carboxylic acids is 2. The molecule has 3 N–H and O–H groups in total. The molecular formula is C17H22Cl2N4O3. The number of nitrogens with one attached hydrogen (secondary N) is 2. The van der Waals surface area contributed by atoms with Gasteiger partial charge in [-0.3, -0.25) is 14.5 Å². The number of benzene rings is 1. The third-order valence-electron chi connectivity index (χ3n) is 4.11. The predicted molar refractivity (Wildman–Crippen MR) is 103 cm³/mol. The van der Waals surface area contributed by atoms with E-state index in [1.807, 2.05) is 0 Å². The maximum absolute atomic E-state index is 12.3. The third-order valence-corrected chi connectivity index (χ3v) is 4.83. The number of hydrogen-bond acceptors (Lipinski definition) is 5. The number of aromatic hydroxyl groups is 1. The van der Waals surface area contributed by atoms with Crippen LogP contribution in [-0.2, 0) is 9.59 Å². The number of hydrogen-bond donors (Lipinski definition) is 3. The summed E-state index contributed by atoms with van der Waals surface area (Å²) in [5.74, 6) is -0.302. The van der Waals surface area contributed by atoms with E-state index in [0.717, 1.165) is 19.6 Å². The van der Waals surface area contributed by atoms with Gasteiger partial charge in [-0.05, 0) is 12.1 Å². The largest absolute Gasteiger partial charge is 0.506 e. The molecule has 0 atom stereocenters. The van der Waals surface area contributed by atoms with Gasteiger partial charge in [-0.2, -0.15) is 0 Å². The second-order valence-electron chi connectivity index (χ2n) is 5.85. The lowest BCUT2D eigenvalue weighted by molar-refractivity contribution is -0.131. The molecule has 0 aromatic heterocycles. The van der Waals surface area contributed by atoms with Crippen LogP contribution in [0.3, 0.4) is 0 Å². The second kappa shape index (κ2) is 9.66. The summed E-state index contributed by atoms with van der Waals surface area (Å²) in [6.07, 6.45) is 1.25. The summed E-state index contributed by atoms with van der Waals surface area (Å²) in [7, 11) is 0. The molecule has 0 bridgehead atoms. The van der Waals surface area contributed by atoms with E-state index in [2.05, 4.69) is 22.1 Å². The number of amides is 2. The molecule has 0 unspecified atom stereocenters. The van der Waals surface area contributed by atoms with Gasteiger partial charge in [0, 0.05) is 45.3 Å². The quantitative estimate of drug-likeness (QED) is 0.477. The Bertz CT molecular complexity index is 676. The van der Waals surface area contributed by atoms with Gasteiger partial charge in [0.1, 0.15) is 5.75 Å². The Hall–Kier alpha value is -1.96. The fraction of sp³-hybridized carbons (Fsp3) is 0.412. The first-order chi connectivity index (χ1) is 12.4. The number of anilines is 1. The molecule has 142 valence electrons. The Labute approximate surface area is 162 Å². The van der Waals surface area contributed by atoms with Crippen LogP contribution in [0.2, 0.25) is 10.0 Å². The zero-order valence-electron chi connectivity index (χ0n) is 14.3. The SMILES string of the molecule is C=CC(=O)NCCN1CCN(C(=O)CNc2cc(Cl)c(Cl)cc2O)CC1. The molecule has 26 heavy (non-hydrogen) atoms. The Morgan fingerprint density at radius 3 is 2.50 bits per heavy atom. The van der Waals surface area contributed by atoms with Crippen LogP contribution in [0.1, 0.15) is 0 Å². The van der Waals surface area contributed by atoms with Crippen molar-refractivity contribution in [1.82, 2.24) is 15.1 Å². The number of nitrogens with zero attached hydrogens (tertiary/aromatic N) is 2. The standard InChI is InChI=1S/C17H22Cl2N4O3/c1-2-16(25)20-3-4-22-5-7-23(8-6-22)17(26)11-21-14-9-12(18)13(19)10-15(14)24/h2,9-10,21,24H,1,3-8,11H2,(H,20,25). The van der Waals surface area contributed by atoms with Gasteiger partial charge >= 0.3 is 0 Å². The molecule has 2 rings (SSSR count). The molecule has 0 aliphatic carbocycles. The lowest BCUT2D eigenvalue weighted by atomic mass is 10.2. The Morgan fingerprint density at radius 2 is 1.85 bits per heavy atom. The first kappa shape index (κ1) is 20.4. The highest BCUT2D eigenvalue weighted by atomic mass is 35.5. The molecule has 2 amide bonds. The van der Waals surface area contributed by atoms with Crippen molar-refractivity contribution in [3.63, 3.8) is 0 Å². The van der Waals surface area contributed by atoms with Gasteiger partial charge < -0.3 is 20.6 Å². The van der Waals surface area contributed by atoms with E-state index in [1.165, 1.54) is 18.2 Å². The summed E-state index contributed by atoms with van der Waals surface area (Å²) >= 11 is 11.7. The highest BCUT2D eigenvalue weighted by Crippen LogP contribution is 2.33. The molecule has 9 heteroatoms. The van der Waals surface area contributed by atoms with Crippen LogP contribution < -0.4 is 10.6 Å². The van der Waals surface area contributed by atoms with Gasteiger partial charge in [0.15, 0.2) is 0 Å². The first-order valence-corrected chi connectivity index (χ1v) is 8.98. The van der Waals surface area contributed by atoms with Gasteiger partial charge in [0.05, 0.1) is 22.3 Å². The van der Waals surface area contributed by atoms with Crippen molar-refractivity contribution in [3.05, 3.63) is 34.8 Å². The second-order valence-corrected chi connectivity index (χ2v) is 6.67. The summed E-state index contributed by atoms with van der Waals surface area (Å²) in [5.41, 5.74) is 0.365. The van der Waals surface area contributed by atoms with Gasteiger partial charge in [-0.15, -0.1) is 0 Å². The fourth-order valence-corrected chi connectivity index (χ4v) is 2.91. The van der Waals surface area contributed by atoms with Crippen LogP contribution in [0.15, 0.2) is 24.8 Å². The smallest absolute Gasteiger partial charge is 0.243 e. The molecule has 1 heterocycles. The molecule has 0 spiro atoms. The molecular weight excluding hydrogens is 379 g/mol. The van der Waals surface area contributed by atoms with Crippen molar-refractivity contribution < 1.29 is 14.7 Å². The van der Waals surface area contributed by atoms with E-state index in [-0.39, 0.29) is 29.1 Å². The molecule has 1 aromatic carbocycles. The minimum absolute atomic E-state index is 0.0565. The summed E-state index contributed by atoms with van der Waals surface area (Å²) in [6.45, 7) is 7.46. The van der Waals surface area contributed by atoms with Crippen LogP contribution in [0.4, 0.5) is 5.69 Å². The normalized spacial score (nSPS) is 14.8. The summed E-state index contributed by atoms with van der Waals surface area (Å²) in [6, 6.07) is 2.82. The van der Waals surface area contributed by atoms with Gasteiger partial charge in [-0.1, -0.05) is 29.8 Å². The fourth-order valence-electron chi connectivity index (χ4n) is 2.59. The van der Waals surface area contributed by atoms with Gasteiger partial charge in [0.2, 0.25) is 11.8 Å². The summed E-state index contributed by atoms with van der Waals surface area (Å²) in [4.78, 5) is 27.4. The molecule has 1 aromatic rings. The van der Waals surface area contributed by atoms with E-state index in [9.17, 15) is 14.7 Å². The molecule has 1 aliphatic rings. The lowest BCUT2D eigenvalue weighted by Gasteiger charge is -2.34. The minimum atomic E-state index is -0.185. The Morgan fingerprint density at radius 1 is 1.19 bits per heavy atom. The van der Waals surface area contributed by atoms with Crippen molar-refractivity contribution in [3.8, 4) is 5.75 Å². The Balaban J connectivity index is 1.74. The van der Waals surface area contributed by atoms with Crippen molar-refractivity contribution in [1.29, 1.82) is 0 Å². The third kappa shape index (κ3) is 5.79. The monoisotopic (exact) mass is 400 g/mol. The number of phenols is 1. The van der Waals surface area contributed by atoms with Crippen molar-refractivity contribution in [2.45, 2.75) is 0 Å². The maximum atomic E-state index is 12.3. The average molecular weight is 401 g/mol. The number of rotatable bonds is 7. The zero-order valence-corrected chi connectivity index (χ0v) is 15.8. The number of piperazine rings is 1. The van der Waals surface area contributed by atoms with Crippen molar-refractivity contribution in [2.75, 3.05) is 51.1 Å². The van der Waals surface area contributed by atoms with E-state index in [4.69, 9.17) is 23.2 Å². The molecule has 1 saturated heterocycles. The highest BCUT2D eigenvalue weighted by Gasteiger charge is 2.21. The van der Waals surface area contributed by atoms with E-state index in [0.29, 0.717) is 30.3 Å². The highest BCUT2D eigenvalue weighted by molar-refractivity contribution is 6.42. The molecule has 7 nitrogen and oxygen atoms in total. The van der Waals surface area contributed by atoms with Gasteiger partial charge in [0.25, 0.3) is 0 Å². The van der Waals surface area contributed by atoms with E-state index >= 15 is 0 Å². The topological polar surface area (TPSA) is 84.9 Å². The van der Waals surface area contributed by atoms with Gasteiger partial charge in [-0.25, -0.2) is 0 Å². The summed E-state index contributed by atoms with van der Waals surface area (Å²) in [5, 5.41) is 16.0. The van der Waals surface area contributed by atoms with Crippen LogP contribution in [0.5, 0.6) is 5.75 Å². The molecule has 0 saturated carbocycles. The Kier molecular flexibility index (Phi) is 7.56. The van der Waals surface area contributed by atoms with E-state index < -0.39 is 0 Å². The summed E-state index contributed by atoms with van der Waals surface area (Å²) < 4.78 is 0. The zero-order chi connectivity index (χ0) is 19.1. The maximum Gasteiger partial charge on any atom is 0.243 e. The van der Waals surface area contributed by atoms with Crippen molar-refractivity contribution in [2.24, 2.45) is 0 Å². The van der Waals surface area contributed by atoms with E-state index in [1.54, 1.807) is 4.90 Å². The minimum Gasteiger partial charge on any atom is -0.506 e. The predicted octanol–water partition coefficient (Wildman–Crippen LogP) is 1.56. The van der Waals surface area contributed by atoms with Crippen molar-refractivity contribution >= 4 is 40.7 Å². The molecule has 0 radical (unpaired) electrons.